The number of rotatable bonds is 5. The van der Waals surface area contributed by atoms with Crippen LogP contribution in [0.5, 0.6) is 0 Å². The van der Waals surface area contributed by atoms with E-state index in [0.29, 0.717) is 18.1 Å². The Bertz CT molecular complexity index is 527. The summed E-state index contributed by atoms with van der Waals surface area (Å²) in [5.41, 5.74) is 2.93. The van der Waals surface area contributed by atoms with E-state index in [1.54, 1.807) is 4.68 Å². The molecule has 2 N–H and O–H groups in total. The summed E-state index contributed by atoms with van der Waals surface area (Å²) in [6, 6.07) is 5.71. The molecule has 0 saturated heterocycles. The number of hydrogen-bond acceptors (Lipinski definition) is 4. The number of nitrogens with one attached hydrogen (secondary N) is 1. The fourth-order valence-electron chi connectivity index (χ4n) is 1.60. The Morgan fingerprint density at radius 1 is 1.44 bits per heavy atom. The summed E-state index contributed by atoms with van der Waals surface area (Å²) in [4.78, 5) is 0. The van der Waals surface area contributed by atoms with Crippen LogP contribution in [0.25, 0.3) is 0 Å². The van der Waals surface area contributed by atoms with Crippen LogP contribution in [0.3, 0.4) is 0 Å². The van der Waals surface area contributed by atoms with Crippen LogP contribution in [0.1, 0.15) is 11.3 Å². The zero-order valence-electron chi connectivity index (χ0n) is 10.1. The van der Waals surface area contributed by atoms with Crippen LogP contribution in [0.2, 0.25) is 5.02 Å². The molecule has 0 aliphatic carbocycles. The standard InChI is InChI=1S/C12H15ClN4O/c1-9-2-3-10(13)6-12(9)14-7-11-8-17(4-5-18)16-15-11/h2-3,6,8,14,18H,4-5,7H2,1H3. The first-order chi connectivity index (χ1) is 8.69. The first-order valence-electron chi connectivity index (χ1n) is 5.69. The first-order valence-corrected chi connectivity index (χ1v) is 6.07. The van der Waals surface area contributed by atoms with Gasteiger partial charge in [-0.1, -0.05) is 22.9 Å². The molecule has 1 heterocycles. The topological polar surface area (TPSA) is 63.0 Å². The highest BCUT2D eigenvalue weighted by atomic mass is 35.5. The Kier molecular flexibility index (Phi) is 4.17. The Morgan fingerprint density at radius 3 is 3.06 bits per heavy atom. The number of aromatic nitrogens is 3. The van der Waals surface area contributed by atoms with E-state index in [1.165, 1.54) is 0 Å². The van der Waals surface area contributed by atoms with Crippen LogP contribution < -0.4 is 5.32 Å². The number of anilines is 1. The van der Waals surface area contributed by atoms with Crippen LogP contribution >= 0.6 is 11.6 Å². The summed E-state index contributed by atoms with van der Waals surface area (Å²) in [5.74, 6) is 0. The minimum Gasteiger partial charge on any atom is -0.394 e. The predicted molar refractivity (Wildman–Crippen MR) is 70.6 cm³/mol. The summed E-state index contributed by atoms with van der Waals surface area (Å²) in [6.45, 7) is 3.11. The molecule has 0 amide bonds. The second-order valence-electron chi connectivity index (χ2n) is 4.01. The number of benzene rings is 1. The third-order valence-electron chi connectivity index (χ3n) is 2.57. The van der Waals surface area contributed by atoms with Gasteiger partial charge >= 0.3 is 0 Å². The molecule has 0 spiro atoms. The predicted octanol–water partition coefficient (Wildman–Crippen LogP) is 1.84. The molecule has 18 heavy (non-hydrogen) atoms. The minimum absolute atomic E-state index is 0.0592. The molecule has 6 heteroatoms. The Hall–Kier alpha value is -1.59. The van der Waals surface area contributed by atoms with Gasteiger partial charge in [0.05, 0.1) is 25.9 Å². The molecule has 2 rings (SSSR count). The van der Waals surface area contributed by atoms with Crippen LogP contribution in [-0.2, 0) is 13.1 Å². The van der Waals surface area contributed by atoms with Crippen molar-refractivity contribution in [2.75, 3.05) is 11.9 Å². The van der Waals surface area contributed by atoms with E-state index >= 15 is 0 Å². The molecular weight excluding hydrogens is 252 g/mol. The first kappa shape index (κ1) is 12.9. The van der Waals surface area contributed by atoms with Gasteiger partial charge in [0.2, 0.25) is 0 Å². The molecule has 0 bridgehead atoms. The van der Waals surface area contributed by atoms with Crippen molar-refractivity contribution in [2.45, 2.75) is 20.0 Å². The molecule has 0 fully saturated rings. The normalized spacial score (nSPS) is 10.6. The highest BCUT2D eigenvalue weighted by Gasteiger charge is 2.02. The van der Waals surface area contributed by atoms with Gasteiger partial charge in [-0.05, 0) is 24.6 Å². The fraction of sp³-hybridized carbons (Fsp3) is 0.333. The zero-order chi connectivity index (χ0) is 13.0. The van der Waals surface area contributed by atoms with Crippen LogP contribution in [0, 0.1) is 6.92 Å². The summed E-state index contributed by atoms with van der Waals surface area (Å²) < 4.78 is 1.61. The van der Waals surface area contributed by atoms with Crippen molar-refractivity contribution in [1.82, 2.24) is 15.0 Å². The molecule has 0 radical (unpaired) electrons. The van der Waals surface area contributed by atoms with Crippen LogP contribution in [0.4, 0.5) is 5.69 Å². The highest BCUT2D eigenvalue weighted by Crippen LogP contribution is 2.20. The van der Waals surface area contributed by atoms with E-state index in [4.69, 9.17) is 16.7 Å². The molecule has 96 valence electrons. The Balaban J connectivity index is 1.99. The van der Waals surface area contributed by atoms with Gasteiger partial charge in [-0.2, -0.15) is 0 Å². The van der Waals surface area contributed by atoms with Crippen molar-refractivity contribution >= 4 is 17.3 Å². The lowest BCUT2D eigenvalue weighted by atomic mass is 10.2. The van der Waals surface area contributed by atoms with Crippen LogP contribution in [-0.4, -0.2) is 26.7 Å². The smallest absolute Gasteiger partial charge is 0.102 e. The number of hydrogen-bond donors (Lipinski definition) is 2. The monoisotopic (exact) mass is 266 g/mol. The maximum Gasteiger partial charge on any atom is 0.102 e. The molecular formula is C12H15ClN4O. The van der Waals surface area contributed by atoms with Crippen molar-refractivity contribution in [2.24, 2.45) is 0 Å². The molecule has 0 atom stereocenters. The van der Waals surface area contributed by atoms with Crippen molar-refractivity contribution in [1.29, 1.82) is 0 Å². The molecule has 0 unspecified atom stereocenters. The lowest BCUT2D eigenvalue weighted by molar-refractivity contribution is 0.268. The van der Waals surface area contributed by atoms with Crippen molar-refractivity contribution < 1.29 is 5.11 Å². The minimum atomic E-state index is 0.0592. The second kappa shape index (κ2) is 5.84. The summed E-state index contributed by atoms with van der Waals surface area (Å²) >= 11 is 5.94. The average molecular weight is 267 g/mol. The van der Waals surface area contributed by atoms with E-state index in [0.717, 1.165) is 16.9 Å². The van der Waals surface area contributed by atoms with Crippen molar-refractivity contribution in [3.8, 4) is 0 Å². The van der Waals surface area contributed by atoms with Gasteiger partial charge in [0.1, 0.15) is 5.69 Å². The molecule has 0 aliphatic rings. The van der Waals surface area contributed by atoms with Gasteiger partial charge in [0, 0.05) is 10.7 Å². The molecule has 1 aromatic heterocycles. The van der Waals surface area contributed by atoms with Gasteiger partial charge in [0.15, 0.2) is 0 Å². The number of nitrogens with zero attached hydrogens (tertiary/aromatic N) is 3. The Morgan fingerprint density at radius 2 is 2.28 bits per heavy atom. The van der Waals surface area contributed by atoms with Crippen LogP contribution in [0.15, 0.2) is 24.4 Å². The van der Waals surface area contributed by atoms with E-state index in [2.05, 4.69) is 15.6 Å². The van der Waals surface area contributed by atoms with E-state index in [9.17, 15) is 0 Å². The average Bonchev–Trinajstić information content (AvgIpc) is 2.79. The van der Waals surface area contributed by atoms with Gasteiger partial charge in [-0.15, -0.1) is 5.10 Å². The SMILES string of the molecule is Cc1ccc(Cl)cc1NCc1cn(CCO)nn1. The maximum atomic E-state index is 8.78. The molecule has 0 aliphatic heterocycles. The third-order valence-corrected chi connectivity index (χ3v) is 2.81. The fourth-order valence-corrected chi connectivity index (χ4v) is 1.77. The third kappa shape index (κ3) is 3.21. The summed E-state index contributed by atoms with van der Waals surface area (Å²) in [5, 5.41) is 20.7. The molecule has 5 nitrogen and oxygen atoms in total. The summed E-state index contributed by atoms with van der Waals surface area (Å²) in [7, 11) is 0. The second-order valence-corrected chi connectivity index (χ2v) is 4.45. The molecule has 2 aromatic rings. The lowest BCUT2D eigenvalue weighted by Gasteiger charge is -2.08. The highest BCUT2D eigenvalue weighted by molar-refractivity contribution is 6.30. The lowest BCUT2D eigenvalue weighted by Crippen LogP contribution is -2.02. The van der Waals surface area contributed by atoms with Gasteiger partial charge in [-0.25, -0.2) is 4.68 Å². The maximum absolute atomic E-state index is 8.78. The zero-order valence-corrected chi connectivity index (χ0v) is 10.9. The number of aliphatic hydroxyl groups excluding tert-OH is 1. The van der Waals surface area contributed by atoms with Crippen molar-refractivity contribution in [3.05, 3.63) is 40.7 Å². The van der Waals surface area contributed by atoms with Gasteiger partial charge in [-0.3, -0.25) is 0 Å². The summed E-state index contributed by atoms with van der Waals surface area (Å²) in [6.07, 6.45) is 1.81. The van der Waals surface area contributed by atoms with Gasteiger partial charge < -0.3 is 10.4 Å². The Labute approximate surface area is 110 Å². The quantitative estimate of drug-likeness (QED) is 0.867. The number of aliphatic hydroxyl groups is 1. The number of aryl methyl sites for hydroxylation is 1. The molecule has 1 aromatic carbocycles. The van der Waals surface area contributed by atoms with E-state index in [1.807, 2.05) is 31.3 Å². The molecule has 0 saturated carbocycles. The van der Waals surface area contributed by atoms with E-state index in [-0.39, 0.29) is 6.61 Å². The van der Waals surface area contributed by atoms with Crippen molar-refractivity contribution in [3.63, 3.8) is 0 Å². The number of halogens is 1. The largest absolute Gasteiger partial charge is 0.394 e. The van der Waals surface area contributed by atoms with Gasteiger partial charge in [0.25, 0.3) is 0 Å². The van der Waals surface area contributed by atoms with E-state index < -0.39 is 0 Å².